The van der Waals surface area contributed by atoms with Crippen LogP contribution < -0.4 is 4.74 Å². The third-order valence-electron chi connectivity index (χ3n) is 3.25. The van der Waals surface area contributed by atoms with Gasteiger partial charge in [-0.2, -0.15) is 0 Å². The molecule has 1 unspecified atom stereocenters. The molecule has 122 valence electrons. The smallest absolute Gasteiger partial charge is 0.352 e. The quantitative estimate of drug-likeness (QED) is 0.328. The lowest BCUT2D eigenvalue weighted by molar-refractivity contribution is -0.388. The van der Waals surface area contributed by atoms with Crippen molar-refractivity contribution in [2.45, 2.75) is 30.7 Å². The van der Waals surface area contributed by atoms with Gasteiger partial charge in [0.05, 0.1) is 11.5 Å². The van der Waals surface area contributed by atoms with Crippen molar-refractivity contribution in [3.05, 3.63) is 28.3 Å². The van der Waals surface area contributed by atoms with Gasteiger partial charge in [-0.25, -0.2) is 0 Å². The third-order valence-corrected chi connectivity index (χ3v) is 3.25. The molecule has 1 aliphatic rings. The van der Waals surface area contributed by atoms with Gasteiger partial charge in [0, 0.05) is 0 Å². The Balaban J connectivity index is 2.27. The summed E-state index contributed by atoms with van der Waals surface area (Å²) in [7, 11) is 0. The molecule has 0 radical (unpaired) electrons. The molecule has 0 aliphatic carbocycles. The Labute approximate surface area is 123 Å². The molecule has 0 saturated carbocycles. The first kappa shape index (κ1) is 16.4. The summed E-state index contributed by atoms with van der Waals surface area (Å²) in [5.74, 6) is -1.04. The summed E-state index contributed by atoms with van der Waals surface area (Å²) in [6.07, 6.45) is -7.73. The summed E-state index contributed by atoms with van der Waals surface area (Å²) in [4.78, 5) is 10.1. The monoisotopic (exact) mass is 317 g/mol. The Bertz CT molecular complexity index is 549. The number of ether oxygens (including phenoxy) is 2. The highest BCUT2D eigenvalue weighted by Crippen LogP contribution is 2.37. The molecule has 10 heteroatoms. The van der Waals surface area contributed by atoms with Gasteiger partial charge >= 0.3 is 5.69 Å². The molecule has 22 heavy (non-hydrogen) atoms. The molecule has 1 saturated heterocycles. The molecule has 5 N–H and O–H groups in total. The number of nitro benzene ring substituents is 1. The number of phenolic OH excluding ortho intramolecular Hbond substituents is 1. The predicted molar refractivity (Wildman–Crippen MR) is 69.2 cm³/mol. The van der Waals surface area contributed by atoms with Crippen molar-refractivity contribution < 1.29 is 39.9 Å². The molecule has 5 atom stereocenters. The van der Waals surface area contributed by atoms with E-state index >= 15 is 0 Å². The van der Waals surface area contributed by atoms with Crippen molar-refractivity contribution in [3.8, 4) is 11.5 Å². The van der Waals surface area contributed by atoms with E-state index in [9.17, 15) is 30.5 Å². The number of aliphatic hydroxyl groups is 4. The molecular weight excluding hydrogens is 302 g/mol. The molecule has 0 spiro atoms. The van der Waals surface area contributed by atoms with Crippen molar-refractivity contribution >= 4 is 5.69 Å². The molecule has 0 bridgehead atoms. The highest BCUT2D eigenvalue weighted by atomic mass is 16.7. The van der Waals surface area contributed by atoms with E-state index in [0.717, 1.165) is 6.07 Å². The molecule has 1 aliphatic heterocycles. The fourth-order valence-corrected chi connectivity index (χ4v) is 2.08. The minimum absolute atomic E-state index is 0.394. The average Bonchev–Trinajstić information content (AvgIpc) is 2.47. The molecule has 1 fully saturated rings. The van der Waals surface area contributed by atoms with Crippen LogP contribution in [0, 0.1) is 10.1 Å². The summed E-state index contributed by atoms with van der Waals surface area (Å²) < 4.78 is 10.2. The van der Waals surface area contributed by atoms with Crippen LogP contribution in [0.1, 0.15) is 0 Å². The second-order valence-electron chi connectivity index (χ2n) is 4.70. The SMILES string of the molecule is O=[N+]([O-])c1c(O)cccc1OC1O[C@H](CO)[C@H](O)[C@H](O)[C@H]1O. The Morgan fingerprint density at radius 2 is 1.91 bits per heavy atom. The van der Waals surface area contributed by atoms with Gasteiger partial charge in [0.25, 0.3) is 0 Å². The minimum Gasteiger partial charge on any atom is -0.502 e. The molecule has 1 aromatic rings. The van der Waals surface area contributed by atoms with Crippen LogP contribution >= 0.6 is 0 Å². The number of rotatable bonds is 4. The van der Waals surface area contributed by atoms with E-state index < -0.39 is 59.4 Å². The van der Waals surface area contributed by atoms with Crippen LogP contribution in [-0.2, 0) is 4.74 Å². The minimum atomic E-state index is -1.71. The fraction of sp³-hybridized carbons (Fsp3) is 0.500. The van der Waals surface area contributed by atoms with Crippen molar-refractivity contribution in [2.75, 3.05) is 6.61 Å². The summed E-state index contributed by atoms with van der Waals surface area (Å²) in [6.45, 7) is -0.660. The molecular formula is C12H15NO9. The maximum atomic E-state index is 10.9. The van der Waals surface area contributed by atoms with Gasteiger partial charge in [-0.1, -0.05) is 6.07 Å². The molecule has 2 rings (SSSR count). The van der Waals surface area contributed by atoms with Crippen LogP contribution in [-0.4, -0.2) is 67.8 Å². The summed E-state index contributed by atoms with van der Waals surface area (Å²) in [5.41, 5.74) is -0.737. The number of hydrogen-bond donors (Lipinski definition) is 5. The van der Waals surface area contributed by atoms with Gasteiger partial charge in [0.2, 0.25) is 12.0 Å². The summed E-state index contributed by atoms with van der Waals surface area (Å²) in [6, 6.07) is 3.53. The molecule has 1 aromatic carbocycles. The van der Waals surface area contributed by atoms with Gasteiger partial charge in [0.15, 0.2) is 5.75 Å². The van der Waals surface area contributed by atoms with Gasteiger partial charge in [-0.3, -0.25) is 10.1 Å². The number of hydrogen-bond acceptors (Lipinski definition) is 9. The van der Waals surface area contributed by atoms with Gasteiger partial charge < -0.3 is 35.0 Å². The maximum Gasteiger partial charge on any atom is 0.352 e. The van der Waals surface area contributed by atoms with Crippen molar-refractivity contribution in [2.24, 2.45) is 0 Å². The number of aliphatic hydroxyl groups excluding tert-OH is 4. The van der Waals surface area contributed by atoms with Crippen molar-refractivity contribution in [1.29, 1.82) is 0 Å². The first-order valence-corrected chi connectivity index (χ1v) is 6.30. The van der Waals surface area contributed by atoms with Crippen molar-refractivity contribution in [3.63, 3.8) is 0 Å². The fourth-order valence-electron chi connectivity index (χ4n) is 2.08. The van der Waals surface area contributed by atoms with Crippen LogP contribution in [0.2, 0.25) is 0 Å². The Kier molecular flexibility index (Phi) is 4.78. The highest BCUT2D eigenvalue weighted by Gasteiger charge is 2.45. The van der Waals surface area contributed by atoms with Gasteiger partial charge in [-0.15, -0.1) is 0 Å². The topological polar surface area (TPSA) is 163 Å². The van der Waals surface area contributed by atoms with E-state index in [-0.39, 0.29) is 0 Å². The number of aromatic hydroxyl groups is 1. The Morgan fingerprint density at radius 3 is 2.50 bits per heavy atom. The molecule has 0 amide bonds. The largest absolute Gasteiger partial charge is 0.502 e. The number of nitrogens with zero attached hydrogens (tertiary/aromatic N) is 1. The lowest BCUT2D eigenvalue weighted by Gasteiger charge is -2.39. The molecule has 10 nitrogen and oxygen atoms in total. The molecule has 1 heterocycles. The van der Waals surface area contributed by atoms with E-state index in [2.05, 4.69) is 0 Å². The molecule has 0 aromatic heterocycles. The summed E-state index contributed by atoms with van der Waals surface area (Å²) >= 11 is 0. The Morgan fingerprint density at radius 1 is 1.23 bits per heavy atom. The summed E-state index contributed by atoms with van der Waals surface area (Å²) in [5, 5.41) is 58.5. The third kappa shape index (κ3) is 2.96. The zero-order valence-corrected chi connectivity index (χ0v) is 11.1. The lowest BCUT2D eigenvalue weighted by Crippen LogP contribution is -2.60. The standard InChI is InChI=1S/C12H15NO9/c14-4-7-9(16)10(17)11(18)12(22-7)21-6-3-1-2-5(15)8(6)13(19)20/h1-3,7,9-12,14-18H,4H2/t7-,9+,10+,11-,12?/m1/s1. The van der Waals surface area contributed by atoms with Crippen LogP contribution in [0.4, 0.5) is 5.69 Å². The second kappa shape index (κ2) is 6.42. The number of nitro groups is 1. The van der Waals surface area contributed by atoms with E-state index in [1.165, 1.54) is 12.1 Å². The number of phenols is 1. The van der Waals surface area contributed by atoms with E-state index in [1.807, 2.05) is 0 Å². The maximum absolute atomic E-state index is 10.9. The van der Waals surface area contributed by atoms with Crippen LogP contribution in [0.3, 0.4) is 0 Å². The number of benzene rings is 1. The first-order valence-electron chi connectivity index (χ1n) is 6.30. The zero-order valence-electron chi connectivity index (χ0n) is 11.1. The zero-order chi connectivity index (χ0) is 16.4. The van der Waals surface area contributed by atoms with Gasteiger partial charge in [0.1, 0.15) is 24.4 Å². The van der Waals surface area contributed by atoms with Crippen LogP contribution in [0.25, 0.3) is 0 Å². The van der Waals surface area contributed by atoms with Gasteiger partial charge in [-0.05, 0) is 12.1 Å². The normalized spacial score (nSPS) is 31.7. The van der Waals surface area contributed by atoms with Crippen LogP contribution in [0.5, 0.6) is 11.5 Å². The highest BCUT2D eigenvalue weighted by molar-refractivity contribution is 5.56. The average molecular weight is 317 g/mol. The van der Waals surface area contributed by atoms with E-state index in [1.54, 1.807) is 0 Å². The van der Waals surface area contributed by atoms with E-state index in [4.69, 9.17) is 14.6 Å². The van der Waals surface area contributed by atoms with Crippen molar-refractivity contribution in [1.82, 2.24) is 0 Å². The van der Waals surface area contributed by atoms with Crippen LogP contribution in [0.15, 0.2) is 18.2 Å². The lowest BCUT2D eigenvalue weighted by atomic mass is 9.99. The first-order chi connectivity index (χ1) is 10.4. The predicted octanol–water partition coefficient (Wildman–Crippen LogP) is -1.52. The van der Waals surface area contributed by atoms with E-state index in [0.29, 0.717) is 0 Å². The Hall–Kier alpha value is -1.98. The number of para-hydroxylation sites is 1. The second-order valence-corrected chi connectivity index (χ2v) is 4.70.